The Morgan fingerprint density at radius 2 is 1.62 bits per heavy atom. The van der Waals surface area contributed by atoms with Crippen molar-refractivity contribution in [2.45, 2.75) is 65.7 Å². The largest absolute Gasteiger partial charge is 0.372 e. The Morgan fingerprint density at radius 3 is 2.25 bits per heavy atom. The molecule has 1 aromatic carbocycles. The van der Waals surface area contributed by atoms with E-state index in [2.05, 4.69) is 48.3 Å². The number of rotatable bonds is 12. The van der Waals surface area contributed by atoms with E-state index in [0.717, 1.165) is 31.5 Å². The van der Waals surface area contributed by atoms with Gasteiger partial charge in [-0.05, 0) is 38.0 Å². The molecule has 1 aromatic rings. The van der Waals surface area contributed by atoms with Crippen LogP contribution in [0.1, 0.15) is 71.3 Å². The smallest absolute Gasteiger partial charge is 0.240 e. The number of hydrazone groups is 1. The number of anilines is 1. The van der Waals surface area contributed by atoms with Gasteiger partial charge in [-0.15, -0.1) is 0 Å². The molecule has 0 bridgehead atoms. The van der Waals surface area contributed by atoms with Crippen molar-refractivity contribution in [1.82, 2.24) is 5.43 Å². The molecule has 0 aromatic heterocycles. The molecule has 0 fully saturated rings. The summed E-state index contributed by atoms with van der Waals surface area (Å²) in [7, 11) is 0. The van der Waals surface area contributed by atoms with Crippen LogP contribution in [0.4, 0.5) is 5.69 Å². The second-order valence-electron chi connectivity index (χ2n) is 6.07. The Balaban J connectivity index is 2.27. The summed E-state index contributed by atoms with van der Waals surface area (Å²) in [5, 5.41) is 4.05. The number of nitrogens with one attached hydrogen (secondary N) is 1. The summed E-state index contributed by atoms with van der Waals surface area (Å²) in [6.07, 6.45) is 9.39. The van der Waals surface area contributed by atoms with Gasteiger partial charge in [-0.25, -0.2) is 5.43 Å². The van der Waals surface area contributed by atoms with E-state index in [0.29, 0.717) is 6.42 Å². The fourth-order valence-corrected chi connectivity index (χ4v) is 2.66. The van der Waals surface area contributed by atoms with Crippen LogP contribution in [0.25, 0.3) is 0 Å². The van der Waals surface area contributed by atoms with E-state index in [1.807, 2.05) is 12.1 Å². The molecule has 0 spiro atoms. The maximum absolute atomic E-state index is 11.7. The van der Waals surface area contributed by atoms with E-state index in [9.17, 15) is 4.79 Å². The van der Waals surface area contributed by atoms with Crippen molar-refractivity contribution in [3.8, 4) is 0 Å². The van der Waals surface area contributed by atoms with E-state index in [1.165, 1.54) is 31.4 Å². The summed E-state index contributed by atoms with van der Waals surface area (Å²) in [6, 6.07) is 8.23. The zero-order chi connectivity index (χ0) is 17.6. The third-order valence-corrected chi connectivity index (χ3v) is 4.18. The van der Waals surface area contributed by atoms with Crippen LogP contribution < -0.4 is 10.3 Å². The molecule has 4 nitrogen and oxygen atoms in total. The second kappa shape index (κ2) is 12.6. The van der Waals surface area contributed by atoms with Gasteiger partial charge < -0.3 is 4.90 Å². The standard InChI is InChI=1S/C20H33N3O/c1-4-7-8-9-10-11-12-20(24)22-21-17-18-13-15-19(16-14-18)23(5-2)6-3/h13-17H,4-12H2,1-3H3,(H,22,24)/b21-17-. The minimum Gasteiger partial charge on any atom is -0.372 e. The molecule has 0 unspecified atom stereocenters. The van der Waals surface area contributed by atoms with Crippen molar-refractivity contribution >= 4 is 17.8 Å². The first-order chi connectivity index (χ1) is 11.7. The van der Waals surface area contributed by atoms with Gasteiger partial charge in [0.25, 0.3) is 0 Å². The molecule has 0 heterocycles. The number of nitrogens with zero attached hydrogens (tertiary/aromatic N) is 2. The Bertz CT molecular complexity index is 478. The van der Waals surface area contributed by atoms with Crippen LogP contribution in [0, 0.1) is 0 Å². The van der Waals surface area contributed by atoms with Crippen LogP contribution in [-0.4, -0.2) is 25.2 Å². The fourth-order valence-electron chi connectivity index (χ4n) is 2.66. The molecule has 0 aliphatic rings. The topological polar surface area (TPSA) is 44.7 Å². The lowest BCUT2D eigenvalue weighted by atomic mass is 10.1. The average Bonchev–Trinajstić information content (AvgIpc) is 2.60. The predicted molar refractivity (Wildman–Crippen MR) is 104 cm³/mol. The van der Waals surface area contributed by atoms with Gasteiger partial charge >= 0.3 is 0 Å². The minimum absolute atomic E-state index is 0.00139. The molecule has 24 heavy (non-hydrogen) atoms. The van der Waals surface area contributed by atoms with E-state index in [-0.39, 0.29) is 5.91 Å². The van der Waals surface area contributed by atoms with Gasteiger partial charge in [-0.3, -0.25) is 4.79 Å². The molecule has 0 radical (unpaired) electrons. The van der Waals surface area contributed by atoms with Crippen LogP contribution in [-0.2, 0) is 4.79 Å². The van der Waals surface area contributed by atoms with Crippen molar-refractivity contribution in [3.05, 3.63) is 29.8 Å². The highest BCUT2D eigenvalue weighted by atomic mass is 16.2. The Hall–Kier alpha value is -1.84. The van der Waals surface area contributed by atoms with Gasteiger partial charge in [0.2, 0.25) is 5.91 Å². The normalized spacial score (nSPS) is 11.0. The first-order valence-electron chi connectivity index (χ1n) is 9.38. The first kappa shape index (κ1) is 20.2. The van der Waals surface area contributed by atoms with Gasteiger partial charge in [0.05, 0.1) is 6.21 Å². The maximum atomic E-state index is 11.7. The van der Waals surface area contributed by atoms with Crippen molar-refractivity contribution in [2.75, 3.05) is 18.0 Å². The quantitative estimate of drug-likeness (QED) is 0.342. The molecule has 0 saturated heterocycles. The molecule has 134 valence electrons. The fraction of sp³-hybridized carbons (Fsp3) is 0.600. The lowest BCUT2D eigenvalue weighted by Crippen LogP contribution is -2.21. The third kappa shape index (κ3) is 8.14. The van der Waals surface area contributed by atoms with Crippen LogP contribution >= 0.6 is 0 Å². The number of unbranched alkanes of at least 4 members (excludes halogenated alkanes) is 5. The molecule has 1 amide bonds. The maximum Gasteiger partial charge on any atom is 0.240 e. The molecular formula is C20H33N3O. The number of hydrogen-bond acceptors (Lipinski definition) is 3. The van der Waals surface area contributed by atoms with Crippen LogP contribution in [0.15, 0.2) is 29.4 Å². The van der Waals surface area contributed by atoms with Crippen molar-refractivity contribution in [2.24, 2.45) is 5.10 Å². The third-order valence-electron chi connectivity index (χ3n) is 4.18. The number of carbonyl (C=O) groups is 1. The lowest BCUT2D eigenvalue weighted by molar-refractivity contribution is -0.121. The number of amides is 1. The van der Waals surface area contributed by atoms with Crippen molar-refractivity contribution in [1.29, 1.82) is 0 Å². The van der Waals surface area contributed by atoms with E-state index < -0.39 is 0 Å². The van der Waals surface area contributed by atoms with Gasteiger partial charge in [0, 0.05) is 25.2 Å². The van der Waals surface area contributed by atoms with Gasteiger partial charge in [-0.2, -0.15) is 5.10 Å². The minimum atomic E-state index is 0.00139. The zero-order valence-corrected chi connectivity index (χ0v) is 15.6. The highest BCUT2D eigenvalue weighted by Gasteiger charge is 2.01. The Labute approximate surface area is 147 Å². The Morgan fingerprint density at radius 1 is 1.00 bits per heavy atom. The summed E-state index contributed by atoms with van der Waals surface area (Å²) in [5.41, 5.74) is 4.82. The van der Waals surface area contributed by atoms with Crippen LogP contribution in [0.5, 0.6) is 0 Å². The summed E-state index contributed by atoms with van der Waals surface area (Å²) in [4.78, 5) is 14.0. The van der Waals surface area contributed by atoms with Gasteiger partial charge in [0.1, 0.15) is 0 Å². The molecule has 1 N–H and O–H groups in total. The lowest BCUT2D eigenvalue weighted by Gasteiger charge is -2.20. The van der Waals surface area contributed by atoms with Crippen molar-refractivity contribution < 1.29 is 4.79 Å². The van der Waals surface area contributed by atoms with E-state index in [1.54, 1.807) is 6.21 Å². The molecule has 0 saturated carbocycles. The SMILES string of the molecule is CCCCCCCCC(=O)N/N=C\c1ccc(N(CC)CC)cc1. The van der Waals surface area contributed by atoms with Gasteiger partial charge in [-0.1, -0.05) is 51.2 Å². The van der Waals surface area contributed by atoms with E-state index >= 15 is 0 Å². The molecule has 0 aliphatic heterocycles. The highest BCUT2D eigenvalue weighted by molar-refractivity contribution is 5.82. The van der Waals surface area contributed by atoms with Crippen LogP contribution in [0.3, 0.4) is 0 Å². The second-order valence-corrected chi connectivity index (χ2v) is 6.07. The molecule has 0 atom stereocenters. The van der Waals surface area contributed by atoms with Gasteiger partial charge in [0.15, 0.2) is 0 Å². The number of hydrogen-bond donors (Lipinski definition) is 1. The summed E-state index contributed by atoms with van der Waals surface area (Å²) < 4.78 is 0. The summed E-state index contributed by atoms with van der Waals surface area (Å²) in [6.45, 7) is 8.51. The molecule has 0 aliphatic carbocycles. The van der Waals surface area contributed by atoms with Crippen LogP contribution in [0.2, 0.25) is 0 Å². The number of benzene rings is 1. The molecule has 1 rings (SSSR count). The molecular weight excluding hydrogens is 298 g/mol. The predicted octanol–water partition coefficient (Wildman–Crippen LogP) is 4.73. The first-order valence-corrected chi connectivity index (χ1v) is 9.38. The molecule has 4 heteroatoms. The summed E-state index contributed by atoms with van der Waals surface area (Å²) >= 11 is 0. The average molecular weight is 332 g/mol. The number of carbonyl (C=O) groups excluding carboxylic acids is 1. The summed E-state index contributed by atoms with van der Waals surface area (Å²) in [5.74, 6) is 0.00139. The zero-order valence-electron chi connectivity index (χ0n) is 15.6. The highest BCUT2D eigenvalue weighted by Crippen LogP contribution is 2.14. The van der Waals surface area contributed by atoms with Crippen molar-refractivity contribution in [3.63, 3.8) is 0 Å². The van der Waals surface area contributed by atoms with E-state index in [4.69, 9.17) is 0 Å². The monoisotopic (exact) mass is 331 g/mol. The Kier molecular flexibility index (Phi) is 10.6.